The molecule has 3 amide bonds. The zero-order chi connectivity index (χ0) is 40.1. The Kier molecular flexibility index (Phi) is 13.0. The van der Waals surface area contributed by atoms with Crippen LogP contribution in [-0.2, 0) is 35.0 Å². The standard InChI is InChI=1S/C43H55IN5O9/c1-2-55-41(52)43-36(44-43)18-10-5-3-4-9-17-33-40(51)49-27-29(26-34(49)38(50)47-43)57-39-31(15-8-6-7-13-28-25-35(28)58-42(53)46-33)37(30-14-11-12-16-32(30)45-39)56-24-21-48-19-22-54-23-20-48/h10-14,16,18,29,33-36H,2-9,15,17,19-27H2,1H3,(H,46,53)(H,47,50)/q-1/b18-10-,28-13?/t29-,33+,34+,35-,36+,43-/m1/s1. The van der Waals surface area contributed by atoms with Crippen molar-refractivity contribution in [3.8, 4) is 11.6 Å². The second kappa shape index (κ2) is 18.5. The SMILES string of the molecule is CCOC(=O)[C@]12NC(=O)[C@@H]3C[C@@H]4CN3C(=O)[C@H](CCCCC/C=C\[C@@H]1[I-]2)NC(=O)O[C@@H]1CC1=CCCCCc1c(nc2ccccc2c1OCCN1CCOCC1)O4. The summed E-state index contributed by atoms with van der Waals surface area (Å²) in [5, 5.41) is 6.87. The van der Waals surface area contributed by atoms with Crippen molar-refractivity contribution >= 4 is 34.8 Å². The van der Waals surface area contributed by atoms with Crippen LogP contribution in [0.5, 0.6) is 11.6 Å². The second-order valence-electron chi connectivity index (χ2n) is 15.8. The molecule has 6 atom stereocenters. The van der Waals surface area contributed by atoms with Crippen LogP contribution in [0.1, 0.15) is 76.7 Å². The molecule has 8 rings (SSSR count). The Morgan fingerprint density at radius 2 is 1.90 bits per heavy atom. The van der Waals surface area contributed by atoms with Gasteiger partial charge in [0.25, 0.3) is 0 Å². The van der Waals surface area contributed by atoms with E-state index in [0.717, 1.165) is 85.9 Å². The number of alkyl carbamates (subject to hydrolysis) is 1. The number of ether oxygens (including phenoxy) is 5. The number of hydrogen-bond donors (Lipinski definition) is 2. The van der Waals surface area contributed by atoms with Gasteiger partial charge in [0.2, 0.25) is 0 Å². The third-order valence-electron chi connectivity index (χ3n) is 11.8. The number of alkyl halides is 2. The summed E-state index contributed by atoms with van der Waals surface area (Å²) in [5.41, 5.74) is 2.68. The number of nitrogens with zero attached hydrogens (tertiary/aromatic N) is 3. The number of esters is 1. The molecule has 1 aromatic heterocycles. The molecule has 3 bridgehead atoms. The first-order chi connectivity index (χ1) is 28.3. The van der Waals surface area contributed by atoms with Gasteiger partial charge >= 0.3 is 290 Å². The van der Waals surface area contributed by atoms with Gasteiger partial charge in [0, 0.05) is 19.6 Å². The van der Waals surface area contributed by atoms with E-state index in [0.29, 0.717) is 51.4 Å². The van der Waals surface area contributed by atoms with Crippen molar-refractivity contribution in [1.82, 2.24) is 25.4 Å². The molecular weight excluding hydrogens is 857 g/mol. The van der Waals surface area contributed by atoms with Crippen LogP contribution < -0.4 is 41.3 Å². The zero-order valence-electron chi connectivity index (χ0n) is 33.3. The van der Waals surface area contributed by atoms with E-state index >= 15 is 0 Å². The average Bonchev–Trinajstić information content (AvgIpc) is 4.09. The number of carbonyl (C=O) groups excluding carboxylic acids is 4. The molecule has 0 radical (unpaired) electrons. The second-order valence-corrected chi connectivity index (χ2v) is 19.5. The fourth-order valence-corrected chi connectivity index (χ4v) is 11.3. The fraction of sp³-hybridized carbons (Fsp3) is 0.605. The first-order valence-corrected chi connectivity index (χ1v) is 23.4. The van der Waals surface area contributed by atoms with E-state index in [4.69, 9.17) is 28.7 Å². The normalized spacial score (nSPS) is 30.4. The zero-order valence-corrected chi connectivity index (χ0v) is 35.4. The van der Waals surface area contributed by atoms with E-state index in [1.165, 1.54) is 4.90 Å². The summed E-state index contributed by atoms with van der Waals surface area (Å²) in [6.07, 6.45) is 12.5. The van der Waals surface area contributed by atoms with E-state index in [9.17, 15) is 19.2 Å². The number of nitrogens with one attached hydrogen (secondary N) is 2. The molecular formula is C43H55IN5O9-. The number of rotatable bonds is 6. The number of carbonyl (C=O) groups is 4. The van der Waals surface area contributed by atoms with Crippen LogP contribution in [0.15, 0.2) is 48.1 Å². The van der Waals surface area contributed by atoms with Crippen LogP contribution in [0.4, 0.5) is 4.79 Å². The number of aromatic nitrogens is 1. The molecule has 3 saturated heterocycles. The summed E-state index contributed by atoms with van der Waals surface area (Å²) in [6.45, 7) is 6.42. The van der Waals surface area contributed by atoms with Crippen molar-refractivity contribution in [2.45, 2.75) is 109 Å². The predicted molar refractivity (Wildman–Crippen MR) is 210 cm³/mol. The minimum atomic E-state index is -1.10. The van der Waals surface area contributed by atoms with E-state index in [-0.39, 0.29) is 35.5 Å². The Hall–Kier alpha value is -3.96. The molecule has 15 heteroatoms. The van der Waals surface area contributed by atoms with Crippen molar-refractivity contribution in [1.29, 1.82) is 0 Å². The molecule has 6 heterocycles. The Morgan fingerprint density at radius 3 is 2.76 bits per heavy atom. The first-order valence-electron chi connectivity index (χ1n) is 21.1. The summed E-state index contributed by atoms with van der Waals surface area (Å²) >= 11 is -0.779. The van der Waals surface area contributed by atoms with Gasteiger partial charge in [-0.3, -0.25) is 4.90 Å². The van der Waals surface area contributed by atoms with Gasteiger partial charge in [-0.05, 0) is 6.42 Å². The van der Waals surface area contributed by atoms with Crippen molar-refractivity contribution in [2.24, 2.45) is 0 Å². The van der Waals surface area contributed by atoms with Crippen LogP contribution in [-0.4, -0.2) is 123 Å². The topological polar surface area (TPSA) is 158 Å². The average molecular weight is 913 g/mol. The van der Waals surface area contributed by atoms with Gasteiger partial charge in [0.1, 0.15) is 0 Å². The number of benzene rings is 1. The molecule has 0 unspecified atom stereocenters. The molecule has 1 aliphatic carbocycles. The maximum atomic E-state index is 14.7. The van der Waals surface area contributed by atoms with Crippen LogP contribution in [0.25, 0.3) is 10.9 Å². The molecule has 4 fully saturated rings. The van der Waals surface area contributed by atoms with Crippen LogP contribution in [0.3, 0.4) is 0 Å². The van der Waals surface area contributed by atoms with Crippen LogP contribution >= 0.6 is 0 Å². The molecule has 5 aliphatic heterocycles. The maximum absolute atomic E-state index is 14.7. The van der Waals surface area contributed by atoms with E-state index in [1.807, 2.05) is 24.3 Å². The number of amides is 3. The van der Waals surface area contributed by atoms with Crippen molar-refractivity contribution in [2.75, 3.05) is 52.6 Å². The summed E-state index contributed by atoms with van der Waals surface area (Å²) in [6, 6.07) is 6.03. The number of halogens is 1. The minimum absolute atomic E-state index is 0.0889. The molecule has 2 aromatic rings. The van der Waals surface area contributed by atoms with Gasteiger partial charge in [0.15, 0.2) is 0 Å². The monoisotopic (exact) mass is 912 g/mol. The Bertz CT molecular complexity index is 1920. The summed E-state index contributed by atoms with van der Waals surface area (Å²) in [7, 11) is 0. The summed E-state index contributed by atoms with van der Waals surface area (Å²) in [4.78, 5) is 64.9. The van der Waals surface area contributed by atoms with Crippen molar-refractivity contribution in [3.63, 3.8) is 0 Å². The van der Waals surface area contributed by atoms with Gasteiger partial charge in [-0.2, -0.15) is 0 Å². The molecule has 58 heavy (non-hydrogen) atoms. The molecule has 6 aliphatic rings. The summed E-state index contributed by atoms with van der Waals surface area (Å²) < 4.78 is 29.2. The molecule has 0 spiro atoms. The Morgan fingerprint density at radius 1 is 1.05 bits per heavy atom. The van der Waals surface area contributed by atoms with Gasteiger partial charge in [-0.15, -0.1) is 0 Å². The Balaban J connectivity index is 1.14. The quantitative estimate of drug-likeness (QED) is 0.141. The molecule has 14 nitrogen and oxygen atoms in total. The van der Waals surface area contributed by atoms with E-state index < -0.39 is 60.9 Å². The van der Waals surface area contributed by atoms with E-state index in [2.05, 4.69) is 33.8 Å². The third-order valence-corrected chi connectivity index (χ3v) is 15.5. The van der Waals surface area contributed by atoms with E-state index in [1.54, 1.807) is 6.92 Å². The Labute approximate surface area is 350 Å². The predicted octanol–water partition coefficient (Wildman–Crippen LogP) is 1.18. The van der Waals surface area contributed by atoms with Crippen molar-refractivity contribution in [3.05, 3.63) is 53.6 Å². The van der Waals surface area contributed by atoms with Crippen molar-refractivity contribution < 1.29 is 64.1 Å². The number of allylic oxidation sites excluding steroid dienone is 2. The number of fused-ring (bicyclic) bond motifs is 6. The van der Waals surface area contributed by atoms with Crippen LogP contribution in [0.2, 0.25) is 0 Å². The number of pyridine rings is 1. The van der Waals surface area contributed by atoms with Gasteiger partial charge in [-0.25, -0.2) is 0 Å². The van der Waals surface area contributed by atoms with Crippen LogP contribution in [0, 0.1) is 0 Å². The third kappa shape index (κ3) is 9.41. The number of hydrogen-bond acceptors (Lipinski definition) is 11. The molecule has 1 aromatic carbocycles. The molecule has 2 N–H and O–H groups in total. The van der Waals surface area contributed by atoms with Gasteiger partial charge in [-0.1, -0.05) is 12.1 Å². The molecule has 314 valence electrons. The van der Waals surface area contributed by atoms with Gasteiger partial charge < -0.3 is 4.74 Å². The van der Waals surface area contributed by atoms with Gasteiger partial charge in [0.05, 0.1) is 13.2 Å². The summed E-state index contributed by atoms with van der Waals surface area (Å²) in [5.74, 6) is -0.0680. The number of morpholine rings is 1. The molecule has 1 saturated carbocycles. The first kappa shape index (κ1) is 40.8. The fourth-order valence-electron chi connectivity index (χ4n) is 8.43. The number of para-hydroxylation sites is 1.